The molecule has 3 rings (SSSR count). The molecule has 182 valence electrons. The Kier molecular flexibility index (Phi) is 6.97. The van der Waals surface area contributed by atoms with Crippen LogP contribution in [0.2, 0.25) is 0 Å². The molecular weight excluding hydrogens is 412 g/mol. The first-order chi connectivity index (χ1) is 15.3. The van der Waals surface area contributed by atoms with Gasteiger partial charge in [0.1, 0.15) is 0 Å². The van der Waals surface area contributed by atoms with Crippen LogP contribution in [0.4, 0.5) is 0 Å². The van der Waals surface area contributed by atoms with E-state index in [0.717, 1.165) is 31.3 Å². The number of aliphatic hydroxyl groups excluding tert-OH is 1. The van der Waals surface area contributed by atoms with Crippen LogP contribution in [-0.2, 0) is 0 Å². The summed E-state index contributed by atoms with van der Waals surface area (Å²) >= 11 is 0. The smallest absolute Gasteiger partial charge is 0.245 e. The second-order valence-electron chi connectivity index (χ2n) is 11.9. The highest BCUT2D eigenvalue weighted by Gasteiger charge is 2.52. The standard InChI is InChI=1S/C28H42N2O3/c1-8-24(30(32)33)23-18-21(31)11-14-27(23,6)26(4,5)15-16-28(7)22(12-13-25(28,2)3)20-10-9-17-29-19-20/h9-10,12,17,19,21,31H,8,11,13-16,18H2,1-7H3/b24-23+/t21-,27-,28+/m0/s1. The molecule has 5 heteroatoms. The molecule has 2 aliphatic carbocycles. The lowest BCUT2D eigenvalue weighted by Crippen LogP contribution is -2.44. The fourth-order valence-electron chi connectivity index (χ4n) is 6.25. The minimum atomic E-state index is -0.489. The van der Waals surface area contributed by atoms with E-state index < -0.39 is 6.10 Å². The number of hydrogen-bond acceptors (Lipinski definition) is 4. The van der Waals surface area contributed by atoms with Gasteiger partial charge >= 0.3 is 0 Å². The van der Waals surface area contributed by atoms with Gasteiger partial charge in [-0.25, -0.2) is 0 Å². The van der Waals surface area contributed by atoms with E-state index in [2.05, 4.69) is 58.7 Å². The molecule has 1 aromatic rings. The highest BCUT2D eigenvalue weighted by Crippen LogP contribution is 2.62. The van der Waals surface area contributed by atoms with E-state index >= 15 is 0 Å². The zero-order valence-electron chi connectivity index (χ0n) is 21.6. The Morgan fingerprint density at radius 2 is 2.00 bits per heavy atom. The summed E-state index contributed by atoms with van der Waals surface area (Å²) in [5.41, 5.74) is 3.35. The first-order valence-corrected chi connectivity index (χ1v) is 12.4. The predicted octanol–water partition coefficient (Wildman–Crippen LogP) is 7.20. The summed E-state index contributed by atoms with van der Waals surface area (Å²) in [5.74, 6) is 0. The van der Waals surface area contributed by atoms with Crippen LogP contribution in [0, 0.1) is 31.8 Å². The van der Waals surface area contributed by atoms with Gasteiger partial charge in [-0.2, -0.15) is 0 Å². The molecule has 0 unspecified atom stereocenters. The summed E-state index contributed by atoms with van der Waals surface area (Å²) in [7, 11) is 0. The van der Waals surface area contributed by atoms with Crippen molar-refractivity contribution in [2.24, 2.45) is 21.7 Å². The Labute approximate surface area is 199 Å². The molecule has 2 aliphatic rings. The molecule has 0 bridgehead atoms. The highest BCUT2D eigenvalue weighted by molar-refractivity contribution is 5.72. The van der Waals surface area contributed by atoms with Crippen molar-refractivity contribution in [3.8, 4) is 0 Å². The summed E-state index contributed by atoms with van der Waals surface area (Å²) in [5, 5.41) is 22.3. The van der Waals surface area contributed by atoms with Gasteiger partial charge in [-0.15, -0.1) is 0 Å². The van der Waals surface area contributed by atoms with Crippen LogP contribution < -0.4 is 0 Å². The maximum atomic E-state index is 11.9. The van der Waals surface area contributed by atoms with Gasteiger partial charge in [0.15, 0.2) is 0 Å². The van der Waals surface area contributed by atoms with Crippen LogP contribution in [0.25, 0.3) is 5.57 Å². The molecule has 0 saturated heterocycles. The van der Waals surface area contributed by atoms with Crippen LogP contribution in [-0.4, -0.2) is 21.1 Å². The molecule has 1 heterocycles. The van der Waals surface area contributed by atoms with E-state index in [9.17, 15) is 15.2 Å². The van der Waals surface area contributed by atoms with Crippen LogP contribution in [0.15, 0.2) is 41.9 Å². The van der Waals surface area contributed by atoms with Gasteiger partial charge in [0.2, 0.25) is 5.70 Å². The second kappa shape index (κ2) is 8.98. The van der Waals surface area contributed by atoms with E-state index in [0.29, 0.717) is 25.0 Å². The maximum absolute atomic E-state index is 11.9. The third-order valence-corrected chi connectivity index (χ3v) is 9.61. The normalized spacial score (nSPS) is 31.3. The van der Waals surface area contributed by atoms with E-state index in [-0.39, 0.29) is 26.6 Å². The van der Waals surface area contributed by atoms with Crippen molar-refractivity contribution in [2.45, 2.75) is 99.5 Å². The first-order valence-electron chi connectivity index (χ1n) is 12.4. The van der Waals surface area contributed by atoms with Crippen LogP contribution in [0.1, 0.15) is 99.0 Å². The van der Waals surface area contributed by atoms with Gasteiger partial charge in [-0.05, 0) is 65.6 Å². The van der Waals surface area contributed by atoms with Gasteiger partial charge in [-0.3, -0.25) is 15.1 Å². The molecular formula is C28H42N2O3. The fourth-order valence-corrected chi connectivity index (χ4v) is 6.25. The summed E-state index contributed by atoms with van der Waals surface area (Å²) in [6.07, 6.45) is 10.9. The van der Waals surface area contributed by atoms with Gasteiger partial charge < -0.3 is 5.11 Å². The minimum Gasteiger partial charge on any atom is -0.393 e. The molecule has 1 aromatic heterocycles. The third kappa shape index (κ3) is 4.41. The van der Waals surface area contributed by atoms with Crippen molar-refractivity contribution in [2.75, 3.05) is 0 Å². The zero-order chi connectivity index (χ0) is 24.7. The van der Waals surface area contributed by atoms with Crippen molar-refractivity contribution in [1.82, 2.24) is 4.98 Å². The van der Waals surface area contributed by atoms with Gasteiger partial charge in [0, 0.05) is 36.2 Å². The molecule has 33 heavy (non-hydrogen) atoms. The highest BCUT2D eigenvalue weighted by atomic mass is 16.6. The quantitative estimate of drug-likeness (QED) is 0.349. The molecule has 0 aliphatic heterocycles. The minimum absolute atomic E-state index is 0.0155. The molecule has 1 N–H and O–H groups in total. The molecule has 0 radical (unpaired) electrons. The van der Waals surface area contributed by atoms with Crippen LogP contribution in [0.5, 0.6) is 0 Å². The topological polar surface area (TPSA) is 76.3 Å². The van der Waals surface area contributed by atoms with Crippen molar-refractivity contribution >= 4 is 5.57 Å². The molecule has 1 saturated carbocycles. The Morgan fingerprint density at radius 1 is 1.30 bits per heavy atom. The van der Waals surface area contributed by atoms with Crippen LogP contribution >= 0.6 is 0 Å². The number of aliphatic hydroxyl groups is 1. The average molecular weight is 455 g/mol. The lowest BCUT2D eigenvalue weighted by Gasteiger charge is -2.51. The summed E-state index contributed by atoms with van der Waals surface area (Å²) in [6.45, 7) is 15.7. The van der Waals surface area contributed by atoms with E-state index in [1.54, 1.807) is 0 Å². The SMILES string of the molecule is CC/C(=C1/C[C@@H](O)CC[C@]1(C)C(C)(C)CC[C@]1(C)C(c2cccnc2)=CCC1(C)C)[N+](=O)[O-]. The van der Waals surface area contributed by atoms with Crippen molar-refractivity contribution < 1.29 is 10.0 Å². The lowest BCUT2D eigenvalue weighted by atomic mass is 9.53. The zero-order valence-corrected chi connectivity index (χ0v) is 21.6. The first kappa shape index (κ1) is 25.6. The van der Waals surface area contributed by atoms with E-state index in [4.69, 9.17) is 0 Å². The lowest BCUT2D eigenvalue weighted by molar-refractivity contribution is -0.430. The Bertz CT molecular complexity index is 947. The molecule has 1 fully saturated rings. The summed E-state index contributed by atoms with van der Waals surface area (Å²) in [6, 6.07) is 4.15. The number of pyridine rings is 1. The number of nitrogens with zero attached hydrogens (tertiary/aromatic N) is 2. The van der Waals surface area contributed by atoms with Crippen molar-refractivity contribution in [3.63, 3.8) is 0 Å². The van der Waals surface area contributed by atoms with Crippen LogP contribution in [0.3, 0.4) is 0 Å². The van der Waals surface area contributed by atoms with E-state index in [1.165, 1.54) is 11.1 Å². The Morgan fingerprint density at radius 3 is 2.58 bits per heavy atom. The molecule has 0 aromatic carbocycles. The summed E-state index contributed by atoms with van der Waals surface area (Å²) in [4.78, 5) is 16.1. The fraction of sp³-hybridized carbons (Fsp3) is 0.679. The van der Waals surface area contributed by atoms with Gasteiger partial charge in [0.25, 0.3) is 0 Å². The second-order valence-corrected chi connectivity index (χ2v) is 11.9. The Balaban J connectivity index is 1.96. The molecule has 0 spiro atoms. The largest absolute Gasteiger partial charge is 0.393 e. The monoisotopic (exact) mass is 454 g/mol. The van der Waals surface area contributed by atoms with Gasteiger partial charge in [0.05, 0.1) is 11.0 Å². The number of rotatable bonds is 7. The van der Waals surface area contributed by atoms with Crippen molar-refractivity contribution in [3.05, 3.63) is 57.6 Å². The third-order valence-electron chi connectivity index (χ3n) is 9.61. The molecule has 5 nitrogen and oxygen atoms in total. The number of aromatic nitrogens is 1. The molecule has 0 amide bonds. The summed E-state index contributed by atoms with van der Waals surface area (Å²) < 4.78 is 0. The predicted molar refractivity (Wildman–Crippen MR) is 134 cm³/mol. The van der Waals surface area contributed by atoms with E-state index in [1.807, 2.05) is 25.4 Å². The maximum Gasteiger partial charge on any atom is 0.245 e. The average Bonchev–Trinajstić information content (AvgIpc) is 2.99. The van der Waals surface area contributed by atoms with Gasteiger partial charge in [-0.1, -0.05) is 60.6 Å². The van der Waals surface area contributed by atoms with Crippen molar-refractivity contribution in [1.29, 1.82) is 0 Å². The number of hydrogen-bond donors (Lipinski definition) is 1. The Hall–Kier alpha value is -2.01. The number of allylic oxidation sites excluding steroid dienone is 3. The molecule has 3 atom stereocenters. The number of nitro groups is 1.